The van der Waals surface area contributed by atoms with Gasteiger partial charge >= 0.3 is 0 Å². The summed E-state index contributed by atoms with van der Waals surface area (Å²) in [6, 6.07) is 7.05. The quantitative estimate of drug-likeness (QED) is 0.915. The van der Waals surface area contributed by atoms with Crippen LogP contribution >= 0.6 is 0 Å². The van der Waals surface area contributed by atoms with Crippen LogP contribution in [0.15, 0.2) is 24.3 Å². The van der Waals surface area contributed by atoms with Crippen LogP contribution < -0.4 is 5.32 Å². The van der Waals surface area contributed by atoms with E-state index in [1.807, 2.05) is 12.1 Å². The Morgan fingerprint density at radius 1 is 1.04 bits per heavy atom. The summed E-state index contributed by atoms with van der Waals surface area (Å²) in [5, 5.41) is 3.51. The molecule has 3 heterocycles. The fourth-order valence-electron chi connectivity index (χ4n) is 4.41. The number of rotatable bonds is 4. The van der Waals surface area contributed by atoms with Crippen molar-refractivity contribution < 1.29 is 13.9 Å². The summed E-state index contributed by atoms with van der Waals surface area (Å²) in [6.07, 6.45) is 2.31. The van der Waals surface area contributed by atoms with Crippen molar-refractivity contribution in [3.8, 4) is 0 Å². The zero-order valence-corrected chi connectivity index (χ0v) is 14.1. The Morgan fingerprint density at radius 3 is 2.46 bits per heavy atom. The Balaban J connectivity index is 1.29. The first-order valence-electron chi connectivity index (χ1n) is 9.21. The van der Waals surface area contributed by atoms with Gasteiger partial charge < -0.3 is 19.7 Å². The van der Waals surface area contributed by atoms with Crippen molar-refractivity contribution in [2.24, 2.45) is 11.8 Å². The van der Waals surface area contributed by atoms with Gasteiger partial charge in [0.05, 0.1) is 13.2 Å². The lowest BCUT2D eigenvalue weighted by atomic mass is 9.88. The van der Waals surface area contributed by atoms with E-state index in [2.05, 4.69) is 10.2 Å². The molecule has 2 atom stereocenters. The first-order valence-corrected chi connectivity index (χ1v) is 9.21. The summed E-state index contributed by atoms with van der Waals surface area (Å²) < 4.78 is 24.5. The fourth-order valence-corrected chi connectivity index (χ4v) is 4.41. The molecule has 0 aromatic heterocycles. The molecule has 24 heavy (non-hydrogen) atoms. The first-order chi connectivity index (χ1) is 11.8. The van der Waals surface area contributed by atoms with Crippen LogP contribution in [0.1, 0.15) is 24.3 Å². The van der Waals surface area contributed by atoms with E-state index in [0.29, 0.717) is 17.8 Å². The number of hydrogen-bond acceptors (Lipinski definition) is 4. The Labute approximate surface area is 143 Å². The highest BCUT2D eigenvalue weighted by atomic mass is 19.1. The Hall–Kier alpha value is -1.01. The molecule has 1 aromatic rings. The molecule has 0 spiro atoms. The predicted molar refractivity (Wildman–Crippen MR) is 90.4 cm³/mol. The second kappa shape index (κ2) is 7.48. The third-order valence-electron chi connectivity index (χ3n) is 5.81. The van der Waals surface area contributed by atoms with Crippen LogP contribution in [0, 0.1) is 17.7 Å². The Morgan fingerprint density at radius 2 is 1.75 bits per heavy atom. The molecule has 5 heteroatoms. The van der Waals surface area contributed by atoms with Crippen LogP contribution in [0.25, 0.3) is 0 Å². The zero-order chi connectivity index (χ0) is 16.4. The van der Waals surface area contributed by atoms with Crippen molar-refractivity contribution in [3.05, 3.63) is 35.6 Å². The van der Waals surface area contributed by atoms with Gasteiger partial charge in [-0.25, -0.2) is 4.39 Å². The van der Waals surface area contributed by atoms with Crippen molar-refractivity contribution in [3.63, 3.8) is 0 Å². The summed E-state index contributed by atoms with van der Waals surface area (Å²) in [5.74, 6) is 1.51. The molecule has 0 saturated carbocycles. The summed E-state index contributed by atoms with van der Waals surface area (Å²) in [5.41, 5.74) is 1.28. The van der Waals surface area contributed by atoms with Gasteiger partial charge in [0.2, 0.25) is 0 Å². The number of nitrogens with zero attached hydrogens (tertiary/aromatic N) is 1. The van der Waals surface area contributed by atoms with Crippen molar-refractivity contribution >= 4 is 0 Å². The molecule has 3 aliphatic rings. The van der Waals surface area contributed by atoms with E-state index < -0.39 is 0 Å². The van der Waals surface area contributed by atoms with E-state index in [1.54, 1.807) is 12.1 Å². The first kappa shape index (κ1) is 16.5. The van der Waals surface area contributed by atoms with Crippen molar-refractivity contribution in [2.75, 3.05) is 45.9 Å². The number of halogens is 1. The van der Waals surface area contributed by atoms with Crippen LogP contribution in [0.3, 0.4) is 0 Å². The molecule has 3 saturated heterocycles. The highest BCUT2D eigenvalue weighted by molar-refractivity contribution is 5.21. The largest absolute Gasteiger partial charge is 0.350 e. The average Bonchev–Trinajstić information content (AvgIpc) is 3.27. The molecule has 0 radical (unpaired) electrons. The van der Waals surface area contributed by atoms with Crippen LogP contribution in [0.5, 0.6) is 0 Å². The van der Waals surface area contributed by atoms with Crippen molar-refractivity contribution in [1.82, 2.24) is 10.2 Å². The minimum Gasteiger partial charge on any atom is -0.350 e. The summed E-state index contributed by atoms with van der Waals surface area (Å²) in [6.45, 7) is 6.90. The average molecular weight is 334 g/mol. The van der Waals surface area contributed by atoms with Gasteiger partial charge in [-0.1, -0.05) is 12.1 Å². The van der Waals surface area contributed by atoms with E-state index in [9.17, 15) is 4.39 Å². The Bertz CT molecular complexity index is 525. The molecule has 4 rings (SSSR count). The van der Waals surface area contributed by atoms with Gasteiger partial charge in [-0.05, 0) is 62.0 Å². The fraction of sp³-hybridized carbons (Fsp3) is 0.684. The molecule has 0 unspecified atom stereocenters. The third kappa shape index (κ3) is 3.64. The lowest BCUT2D eigenvalue weighted by Gasteiger charge is -2.35. The molecule has 132 valence electrons. The van der Waals surface area contributed by atoms with Gasteiger partial charge in [0.25, 0.3) is 0 Å². The molecule has 3 aliphatic heterocycles. The smallest absolute Gasteiger partial charge is 0.162 e. The highest BCUT2D eigenvalue weighted by Gasteiger charge is 2.38. The zero-order valence-electron chi connectivity index (χ0n) is 14.1. The number of benzene rings is 1. The monoisotopic (exact) mass is 334 g/mol. The molecule has 3 fully saturated rings. The lowest BCUT2D eigenvalue weighted by Crippen LogP contribution is -2.40. The molecule has 0 bridgehead atoms. The summed E-state index contributed by atoms with van der Waals surface area (Å²) >= 11 is 0. The van der Waals surface area contributed by atoms with E-state index in [1.165, 1.54) is 5.56 Å². The van der Waals surface area contributed by atoms with Gasteiger partial charge in [-0.3, -0.25) is 0 Å². The van der Waals surface area contributed by atoms with Gasteiger partial charge in [-0.15, -0.1) is 0 Å². The predicted octanol–water partition coefficient (Wildman–Crippen LogP) is 2.21. The Kier molecular flexibility index (Phi) is 5.13. The second-order valence-corrected chi connectivity index (χ2v) is 7.32. The van der Waals surface area contributed by atoms with E-state index in [-0.39, 0.29) is 12.1 Å². The van der Waals surface area contributed by atoms with E-state index >= 15 is 0 Å². The minimum atomic E-state index is -0.146. The number of piperidine rings is 1. The molecular formula is C19H27FN2O2. The number of nitrogens with one attached hydrogen (secondary N) is 1. The third-order valence-corrected chi connectivity index (χ3v) is 5.81. The minimum absolute atomic E-state index is 0.0123. The topological polar surface area (TPSA) is 33.7 Å². The molecule has 1 aromatic carbocycles. The summed E-state index contributed by atoms with van der Waals surface area (Å²) in [4.78, 5) is 2.58. The molecule has 4 nitrogen and oxygen atoms in total. The number of likely N-dealkylation sites (tertiary alicyclic amines) is 1. The van der Waals surface area contributed by atoms with E-state index in [0.717, 1.165) is 58.8 Å². The van der Waals surface area contributed by atoms with Crippen LogP contribution in [0.2, 0.25) is 0 Å². The van der Waals surface area contributed by atoms with Crippen LogP contribution in [-0.2, 0) is 9.47 Å². The number of hydrogen-bond donors (Lipinski definition) is 1. The summed E-state index contributed by atoms with van der Waals surface area (Å²) in [7, 11) is 0. The van der Waals surface area contributed by atoms with Gasteiger partial charge in [0, 0.05) is 19.0 Å². The van der Waals surface area contributed by atoms with Crippen LogP contribution in [0.4, 0.5) is 4.39 Å². The number of ether oxygens (including phenoxy) is 2. The maximum Gasteiger partial charge on any atom is 0.162 e. The normalized spacial score (nSPS) is 30.2. The molecule has 0 amide bonds. The molecule has 1 N–H and O–H groups in total. The standard InChI is InChI=1S/C19H27FN2O2/c20-17-3-1-14(2-4-17)15-5-7-22(8-6-15)13-16-11-21-12-18(16)19-23-9-10-24-19/h1-4,15-16,18-19,21H,5-13H2/t16-,18-/m0/s1. The van der Waals surface area contributed by atoms with Crippen molar-refractivity contribution in [2.45, 2.75) is 25.0 Å². The highest BCUT2D eigenvalue weighted by Crippen LogP contribution is 2.31. The van der Waals surface area contributed by atoms with E-state index in [4.69, 9.17) is 9.47 Å². The van der Waals surface area contributed by atoms with Gasteiger partial charge in [-0.2, -0.15) is 0 Å². The maximum absolute atomic E-state index is 13.1. The van der Waals surface area contributed by atoms with Crippen LogP contribution in [-0.4, -0.2) is 57.1 Å². The molecular weight excluding hydrogens is 307 g/mol. The van der Waals surface area contributed by atoms with Crippen molar-refractivity contribution in [1.29, 1.82) is 0 Å². The van der Waals surface area contributed by atoms with Gasteiger partial charge in [0.1, 0.15) is 5.82 Å². The van der Waals surface area contributed by atoms with Gasteiger partial charge in [0.15, 0.2) is 6.29 Å². The SMILES string of the molecule is Fc1ccc(C2CCN(C[C@@H]3CNC[C@@H]3C3OCCO3)CC2)cc1. The lowest BCUT2D eigenvalue weighted by molar-refractivity contribution is -0.0914. The maximum atomic E-state index is 13.1. The second-order valence-electron chi connectivity index (χ2n) is 7.32. The molecule has 0 aliphatic carbocycles.